The summed E-state index contributed by atoms with van der Waals surface area (Å²) in [6.45, 7) is 3.86. The lowest BCUT2D eigenvalue weighted by Gasteiger charge is -2.31. The molecule has 0 unspecified atom stereocenters. The number of hydrogen-bond donors (Lipinski definition) is 1. The monoisotopic (exact) mass is 561 g/mol. The topological polar surface area (TPSA) is 86.8 Å². The molecule has 1 atom stereocenters. The number of hydrogen-bond acceptors (Lipinski definition) is 4. The second-order valence-corrected chi connectivity index (χ2v) is 11.3. The molecule has 0 fully saturated rings. The highest BCUT2D eigenvalue weighted by atomic mass is 35.5. The summed E-state index contributed by atoms with van der Waals surface area (Å²) in [5, 5.41) is 3.77. The number of amides is 2. The van der Waals surface area contributed by atoms with Gasteiger partial charge in [0.15, 0.2) is 0 Å². The maximum Gasteiger partial charge on any atom is 0.242 e. The average molecular weight is 563 g/mol. The van der Waals surface area contributed by atoms with Crippen molar-refractivity contribution in [1.82, 2.24) is 10.2 Å². The van der Waals surface area contributed by atoms with Gasteiger partial charge >= 0.3 is 0 Å². The van der Waals surface area contributed by atoms with Crippen LogP contribution in [0.25, 0.3) is 0 Å². The van der Waals surface area contributed by atoms with E-state index >= 15 is 0 Å². The Hall–Kier alpha value is -2.00. The number of nitrogens with zero attached hydrogens (tertiary/aromatic N) is 2. The average Bonchev–Trinajstić information content (AvgIpc) is 2.79. The number of aryl methyl sites for hydroxylation is 1. The van der Waals surface area contributed by atoms with Crippen molar-refractivity contribution in [2.45, 2.75) is 45.7 Å². The fourth-order valence-corrected chi connectivity index (χ4v) is 5.26. The molecular formula is C24H30Cl3N3O4S. The Bertz CT molecular complexity index is 1170. The van der Waals surface area contributed by atoms with Crippen molar-refractivity contribution in [2.75, 3.05) is 24.2 Å². The molecule has 0 spiro atoms. The lowest BCUT2D eigenvalue weighted by molar-refractivity contribution is -0.141. The number of nitrogens with one attached hydrogen (secondary N) is 1. The molecule has 0 aliphatic rings. The summed E-state index contributed by atoms with van der Waals surface area (Å²) in [6.07, 6.45) is 1.81. The Morgan fingerprint density at radius 1 is 1.06 bits per heavy atom. The van der Waals surface area contributed by atoms with Crippen LogP contribution in [0.15, 0.2) is 36.4 Å². The molecule has 7 nitrogen and oxygen atoms in total. The molecule has 2 aromatic rings. The van der Waals surface area contributed by atoms with Crippen molar-refractivity contribution in [3.63, 3.8) is 0 Å². The van der Waals surface area contributed by atoms with Crippen LogP contribution in [0.3, 0.4) is 0 Å². The summed E-state index contributed by atoms with van der Waals surface area (Å²) in [5.74, 6) is -0.559. The van der Waals surface area contributed by atoms with Crippen LogP contribution >= 0.6 is 34.8 Å². The molecule has 2 rings (SSSR count). The van der Waals surface area contributed by atoms with Gasteiger partial charge in [0.1, 0.15) is 6.04 Å². The van der Waals surface area contributed by atoms with Gasteiger partial charge in [0.2, 0.25) is 21.8 Å². The van der Waals surface area contributed by atoms with Gasteiger partial charge in [0.25, 0.3) is 0 Å². The Morgan fingerprint density at radius 3 is 2.31 bits per heavy atom. The van der Waals surface area contributed by atoms with Crippen LogP contribution in [0.1, 0.15) is 37.3 Å². The third kappa shape index (κ3) is 8.00. The maximum atomic E-state index is 13.3. The predicted molar refractivity (Wildman–Crippen MR) is 143 cm³/mol. The first kappa shape index (κ1) is 29.2. The number of halogens is 3. The van der Waals surface area contributed by atoms with Gasteiger partial charge in [0, 0.05) is 31.6 Å². The summed E-state index contributed by atoms with van der Waals surface area (Å²) < 4.78 is 26.3. The van der Waals surface area contributed by atoms with E-state index in [9.17, 15) is 18.0 Å². The van der Waals surface area contributed by atoms with E-state index in [1.807, 2.05) is 6.92 Å². The van der Waals surface area contributed by atoms with E-state index in [-0.39, 0.29) is 37.7 Å². The molecule has 0 aromatic heterocycles. The molecule has 2 amide bonds. The normalized spacial score (nSPS) is 12.2. The van der Waals surface area contributed by atoms with Gasteiger partial charge in [-0.1, -0.05) is 53.9 Å². The first-order valence-corrected chi connectivity index (χ1v) is 14.1. The lowest BCUT2D eigenvalue weighted by atomic mass is 10.1. The van der Waals surface area contributed by atoms with Gasteiger partial charge in [-0.3, -0.25) is 13.9 Å². The zero-order valence-electron chi connectivity index (χ0n) is 20.1. The highest BCUT2D eigenvalue weighted by Crippen LogP contribution is 2.27. The van der Waals surface area contributed by atoms with Gasteiger partial charge in [-0.05, 0) is 55.2 Å². The summed E-state index contributed by atoms with van der Waals surface area (Å²) >= 11 is 18.2. The van der Waals surface area contributed by atoms with Crippen LogP contribution in [-0.2, 0) is 26.2 Å². The van der Waals surface area contributed by atoms with Crippen LogP contribution in [0.4, 0.5) is 5.69 Å². The molecule has 0 heterocycles. The Morgan fingerprint density at radius 2 is 1.74 bits per heavy atom. The summed E-state index contributed by atoms with van der Waals surface area (Å²) in [5.41, 5.74) is 1.94. The standard InChI is InChI=1S/C24H30Cl3N3O4S/c1-5-21(24(32)28-3)29(15-17-9-11-19(26)20(27)13-17)23(31)7-6-12-30(35(4,33)34)22-14-18(25)10-8-16(22)2/h8-11,13-14,21H,5-7,12,15H2,1-4H3,(H,28,32)/t21-/m0/s1. The first-order chi connectivity index (χ1) is 16.4. The van der Waals surface area contributed by atoms with Gasteiger partial charge in [0.05, 0.1) is 22.0 Å². The van der Waals surface area contributed by atoms with Crippen LogP contribution in [0.5, 0.6) is 0 Å². The van der Waals surface area contributed by atoms with Crippen molar-refractivity contribution >= 4 is 62.3 Å². The third-order valence-corrected chi connectivity index (χ3v) is 7.72. The minimum atomic E-state index is -3.61. The van der Waals surface area contributed by atoms with Crippen molar-refractivity contribution < 1.29 is 18.0 Å². The molecule has 0 aliphatic heterocycles. The van der Waals surface area contributed by atoms with E-state index < -0.39 is 16.1 Å². The van der Waals surface area contributed by atoms with Gasteiger partial charge < -0.3 is 10.2 Å². The largest absolute Gasteiger partial charge is 0.357 e. The number of anilines is 1. The Labute approximate surface area is 222 Å². The molecule has 2 aromatic carbocycles. The number of carbonyl (C=O) groups excluding carboxylic acids is 2. The maximum absolute atomic E-state index is 13.3. The molecular weight excluding hydrogens is 533 g/mol. The second kappa shape index (κ2) is 12.8. The summed E-state index contributed by atoms with van der Waals surface area (Å²) in [6, 6.07) is 9.38. The third-order valence-electron chi connectivity index (χ3n) is 5.56. The Kier molecular flexibility index (Phi) is 10.7. The molecule has 192 valence electrons. The lowest BCUT2D eigenvalue weighted by Crippen LogP contribution is -2.48. The highest BCUT2D eigenvalue weighted by Gasteiger charge is 2.28. The molecule has 0 aliphatic carbocycles. The smallest absolute Gasteiger partial charge is 0.242 e. The van der Waals surface area contributed by atoms with Crippen LogP contribution in [0.2, 0.25) is 15.1 Å². The molecule has 0 radical (unpaired) electrons. The molecule has 35 heavy (non-hydrogen) atoms. The quantitative estimate of drug-likeness (QED) is 0.415. The minimum Gasteiger partial charge on any atom is -0.357 e. The first-order valence-electron chi connectivity index (χ1n) is 11.1. The second-order valence-electron chi connectivity index (χ2n) is 8.18. The number of carbonyl (C=O) groups is 2. The highest BCUT2D eigenvalue weighted by molar-refractivity contribution is 7.92. The molecule has 11 heteroatoms. The van der Waals surface area contributed by atoms with E-state index in [0.29, 0.717) is 27.2 Å². The zero-order valence-corrected chi connectivity index (χ0v) is 23.2. The summed E-state index contributed by atoms with van der Waals surface area (Å²) in [7, 11) is -2.09. The number of sulfonamides is 1. The van der Waals surface area contributed by atoms with E-state index in [1.165, 1.54) is 16.3 Å². The van der Waals surface area contributed by atoms with E-state index in [1.54, 1.807) is 43.3 Å². The minimum absolute atomic E-state index is 0.0421. The summed E-state index contributed by atoms with van der Waals surface area (Å²) in [4.78, 5) is 27.3. The van der Waals surface area contributed by atoms with Gasteiger partial charge in [-0.2, -0.15) is 0 Å². The van der Waals surface area contributed by atoms with Crippen molar-refractivity contribution in [3.05, 3.63) is 62.6 Å². The van der Waals surface area contributed by atoms with Gasteiger partial charge in [-0.25, -0.2) is 8.42 Å². The molecule has 0 saturated heterocycles. The van der Waals surface area contributed by atoms with Crippen LogP contribution in [-0.4, -0.2) is 51.0 Å². The van der Waals surface area contributed by atoms with E-state index in [2.05, 4.69) is 5.32 Å². The van der Waals surface area contributed by atoms with Crippen LogP contribution in [0, 0.1) is 6.92 Å². The van der Waals surface area contributed by atoms with E-state index in [4.69, 9.17) is 34.8 Å². The Balaban J connectivity index is 2.24. The fourth-order valence-electron chi connectivity index (χ4n) is 3.75. The molecule has 0 saturated carbocycles. The predicted octanol–water partition coefficient (Wildman–Crippen LogP) is 5.05. The van der Waals surface area contributed by atoms with Crippen molar-refractivity contribution in [2.24, 2.45) is 0 Å². The zero-order chi connectivity index (χ0) is 26.3. The molecule has 1 N–H and O–H groups in total. The van der Waals surface area contributed by atoms with E-state index in [0.717, 1.165) is 17.4 Å². The number of benzene rings is 2. The number of likely N-dealkylation sites (N-methyl/N-ethyl adjacent to an activating group) is 1. The van der Waals surface area contributed by atoms with Gasteiger partial charge in [-0.15, -0.1) is 0 Å². The van der Waals surface area contributed by atoms with Crippen LogP contribution < -0.4 is 9.62 Å². The fraction of sp³-hybridized carbons (Fsp3) is 0.417. The van der Waals surface area contributed by atoms with Crippen molar-refractivity contribution in [1.29, 1.82) is 0 Å². The number of rotatable bonds is 11. The molecule has 0 bridgehead atoms. The SMILES string of the molecule is CC[C@@H](C(=O)NC)N(Cc1ccc(Cl)c(Cl)c1)C(=O)CCCN(c1cc(Cl)ccc1C)S(C)(=O)=O. The van der Waals surface area contributed by atoms with Crippen molar-refractivity contribution in [3.8, 4) is 0 Å².